The van der Waals surface area contributed by atoms with Crippen molar-refractivity contribution in [3.63, 3.8) is 0 Å². The molecule has 2 aromatic carbocycles. The van der Waals surface area contributed by atoms with Crippen molar-refractivity contribution in [2.75, 3.05) is 6.54 Å². The smallest absolute Gasteiger partial charge is 0.0175 e. The van der Waals surface area contributed by atoms with Gasteiger partial charge in [-0.05, 0) is 54.0 Å². The predicted octanol–water partition coefficient (Wildman–Crippen LogP) is 4.62. The van der Waals surface area contributed by atoms with Gasteiger partial charge in [0.2, 0.25) is 0 Å². The van der Waals surface area contributed by atoms with Gasteiger partial charge in [0.25, 0.3) is 0 Å². The van der Waals surface area contributed by atoms with Gasteiger partial charge in [-0.15, -0.1) is 0 Å². The van der Waals surface area contributed by atoms with Crippen LogP contribution in [0.2, 0.25) is 0 Å². The van der Waals surface area contributed by atoms with Crippen LogP contribution in [0.5, 0.6) is 0 Å². The van der Waals surface area contributed by atoms with Gasteiger partial charge in [0.05, 0.1) is 0 Å². The third-order valence-electron chi connectivity index (χ3n) is 5.09. The molecule has 1 saturated carbocycles. The molecule has 108 valence electrons. The van der Waals surface area contributed by atoms with Gasteiger partial charge in [-0.3, -0.25) is 0 Å². The quantitative estimate of drug-likeness (QED) is 0.855. The number of nitrogens with one attached hydrogen (secondary N) is 1. The molecule has 0 radical (unpaired) electrons. The molecule has 2 heteroatoms. The first kappa shape index (κ1) is 13.5. The molecule has 2 aromatic rings. The Bertz CT molecular complexity index is 628. The normalized spacial score (nSPS) is 26.6. The lowest BCUT2D eigenvalue weighted by molar-refractivity contribution is 0.283. The van der Waals surface area contributed by atoms with Crippen molar-refractivity contribution < 1.29 is 0 Å². The summed E-state index contributed by atoms with van der Waals surface area (Å²) in [5.74, 6) is 1.50. The van der Waals surface area contributed by atoms with Gasteiger partial charge < -0.3 is 5.32 Å². The molecule has 0 heterocycles. The lowest BCUT2D eigenvalue weighted by atomic mass is 9.74. The van der Waals surface area contributed by atoms with E-state index in [0.29, 0.717) is 6.04 Å². The maximum absolute atomic E-state index is 3.76. The van der Waals surface area contributed by atoms with Gasteiger partial charge in [-0.1, -0.05) is 52.3 Å². The number of hydrogen-bond acceptors (Lipinski definition) is 1. The van der Waals surface area contributed by atoms with Crippen molar-refractivity contribution in [2.24, 2.45) is 0 Å². The zero-order valence-electron chi connectivity index (χ0n) is 12.1. The van der Waals surface area contributed by atoms with Gasteiger partial charge in [0, 0.05) is 23.0 Å². The van der Waals surface area contributed by atoms with E-state index in [0.717, 1.165) is 18.4 Å². The molecular weight excluding hydrogens is 322 g/mol. The van der Waals surface area contributed by atoms with E-state index in [-0.39, 0.29) is 0 Å². The second kappa shape index (κ2) is 5.58. The minimum absolute atomic E-state index is 0.714. The Morgan fingerprint density at radius 1 is 1.00 bits per heavy atom. The number of hydrogen-bond donors (Lipinski definition) is 1. The maximum atomic E-state index is 3.76. The highest BCUT2D eigenvalue weighted by Crippen LogP contribution is 2.39. The minimum Gasteiger partial charge on any atom is -0.313 e. The molecule has 0 bridgehead atoms. The Morgan fingerprint density at radius 3 is 2.52 bits per heavy atom. The Kier molecular flexibility index (Phi) is 3.60. The van der Waals surface area contributed by atoms with E-state index in [4.69, 9.17) is 0 Å². The minimum atomic E-state index is 0.714. The molecule has 2 aliphatic carbocycles. The standard InChI is InChI=1S/C19H20BrN/c20-17-7-5-13(6-8-17)15-10-18(11-15)21-12-16-9-14-3-1-2-4-19(14)16/h1-8,15-16,18,21H,9-12H2. The molecular formula is C19H20BrN. The van der Waals surface area contributed by atoms with Crippen molar-refractivity contribution in [3.05, 3.63) is 69.7 Å². The largest absolute Gasteiger partial charge is 0.313 e. The van der Waals surface area contributed by atoms with Crippen molar-refractivity contribution in [1.82, 2.24) is 5.32 Å². The van der Waals surface area contributed by atoms with Crippen LogP contribution in [-0.4, -0.2) is 12.6 Å². The van der Waals surface area contributed by atoms with E-state index < -0.39 is 0 Å². The van der Waals surface area contributed by atoms with Crippen molar-refractivity contribution in [1.29, 1.82) is 0 Å². The lowest BCUT2D eigenvalue weighted by Gasteiger charge is -2.39. The lowest BCUT2D eigenvalue weighted by Crippen LogP contribution is -2.43. The Hall–Kier alpha value is -1.12. The molecule has 0 aliphatic heterocycles. The highest BCUT2D eigenvalue weighted by Gasteiger charge is 2.32. The fourth-order valence-electron chi connectivity index (χ4n) is 3.65. The first-order valence-corrected chi connectivity index (χ1v) is 8.65. The number of benzene rings is 2. The summed E-state index contributed by atoms with van der Waals surface area (Å²) in [6.07, 6.45) is 3.83. The topological polar surface area (TPSA) is 12.0 Å². The highest BCUT2D eigenvalue weighted by molar-refractivity contribution is 9.10. The van der Waals surface area contributed by atoms with E-state index in [1.807, 2.05) is 0 Å². The predicted molar refractivity (Wildman–Crippen MR) is 90.8 cm³/mol. The van der Waals surface area contributed by atoms with E-state index in [1.165, 1.54) is 29.3 Å². The van der Waals surface area contributed by atoms with Gasteiger partial charge in [-0.25, -0.2) is 0 Å². The molecule has 0 aromatic heterocycles. The van der Waals surface area contributed by atoms with Crippen LogP contribution in [0.4, 0.5) is 0 Å². The molecule has 1 unspecified atom stereocenters. The van der Waals surface area contributed by atoms with Crippen molar-refractivity contribution in [3.8, 4) is 0 Å². The molecule has 1 atom stereocenters. The van der Waals surface area contributed by atoms with Crippen molar-refractivity contribution >= 4 is 15.9 Å². The first-order chi connectivity index (χ1) is 10.3. The third-order valence-corrected chi connectivity index (χ3v) is 5.62. The molecule has 4 rings (SSSR count). The van der Waals surface area contributed by atoms with Gasteiger partial charge in [-0.2, -0.15) is 0 Å². The van der Waals surface area contributed by atoms with Crippen LogP contribution in [0.3, 0.4) is 0 Å². The van der Waals surface area contributed by atoms with Crippen LogP contribution in [0, 0.1) is 0 Å². The molecule has 0 saturated heterocycles. The van der Waals surface area contributed by atoms with Crippen LogP contribution in [-0.2, 0) is 6.42 Å². The van der Waals surface area contributed by atoms with E-state index in [2.05, 4.69) is 69.8 Å². The molecule has 0 amide bonds. The zero-order valence-corrected chi connectivity index (χ0v) is 13.6. The highest BCUT2D eigenvalue weighted by atomic mass is 79.9. The summed E-state index contributed by atoms with van der Waals surface area (Å²) >= 11 is 3.50. The molecule has 1 nitrogen and oxygen atoms in total. The third kappa shape index (κ3) is 2.67. The molecule has 0 spiro atoms. The van der Waals surface area contributed by atoms with E-state index >= 15 is 0 Å². The van der Waals surface area contributed by atoms with Crippen LogP contribution in [0.1, 0.15) is 41.4 Å². The summed E-state index contributed by atoms with van der Waals surface area (Å²) in [5.41, 5.74) is 4.60. The first-order valence-electron chi connectivity index (χ1n) is 7.86. The second-order valence-electron chi connectivity index (χ2n) is 6.42. The monoisotopic (exact) mass is 341 g/mol. The summed E-state index contributed by atoms with van der Waals surface area (Å²) in [6.45, 7) is 1.15. The SMILES string of the molecule is Brc1ccc(C2CC(NCC3Cc4ccccc43)C2)cc1. The van der Waals surface area contributed by atoms with E-state index in [1.54, 1.807) is 11.1 Å². The molecule has 1 N–H and O–H groups in total. The van der Waals surface area contributed by atoms with Crippen LogP contribution in [0.15, 0.2) is 53.0 Å². The Labute approximate surface area is 134 Å². The number of halogens is 1. The fourth-order valence-corrected chi connectivity index (χ4v) is 3.91. The Morgan fingerprint density at radius 2 is 1.76 bits per heavy atom. The molecule has 1 fully saturated rings. The zero-order chi connectivity index (χ0) is 14.2. The van der Waals surface area contributed by atoms with Gasteiger partial charge >= 0.3 is 0 Å². The van der Waals surface area contributed by atoms with E-state index in [9.17, 15) is 0 Å². The summed E-state index contributed by atoms with van der Waals surface area (Å²) in [4.78, 5) is 0. The number of rotatable bonds is 4. The Balaban J connectivity index is 1.25. The summed E-state index contributed by atoms with van der Waals surface area (Å²) < 4.78 is 1.17. The number of fused-ring (bicyclic) bond motifs is 1. The van der Waals surface area contributed by atoms with Crippen LogP contribution < -0.4 is 5.32 Å². The average Bonchev–Trinajstić information content (AvgIpc) is 2.43. The van der Waals surface area contributed by atoms with Crippen LogP contribution >= 0.6 is 15.9 Å². The van der Waals surface area contributed by atoms with Crippen molar-refractivity contribution in [2.45, 2.75) is 37.1 Å². The molecule has 2 aliphatic rings. The average molecular weight is 342 g/mol. The van der Waals surface area contributed by atoms with Gasteiger partial charge in [0.1, 0.15) is 0 Å². The van der Waals surface area contributed by atoms with Gasteiger partial charge in [0.15, 0.2) is 0 Å². The van der Waals surface area contributed by atoms with Crippen LogP contribution in [0.25, 0.3) is 0 Å². The summed E-state index contributed by atoms with van der Waals surface area (Å²) in [7, 11) is 0. The summed E-state index contributed by atoms with van der Waals surface area (Å²) in [6, 6.07) is 18.4. The second-order valence-corrected chi connectivity index (χ2v) is 7.34. The maximum Gasteiger partial charge on any atom is 0.0175 e. The molecule has 21 heavy (non-hydrogen) atoms. The fraction of sp³-hybridized carbons (Fsp3) is 0.368. The summed E-state index contributed by atoms with van der Waals surface area (Å²) in [5, 5.41) is 3.76.